The minimum Gasteiger partial charge on any atom is -0.325 e. The Morgan fingerprint density at radius 1 is 1.17 bits per heavy atom. The van der Waals surface area contributed by atoms with E-state index in [9.17, 15) is 4.39 Å². The molecule has 0 spiro atoms. The molecule has 0 aromatic rings. The van der Waals surface area contributed by atoms with Crippen molar-refractivity contribution in [3.63, 3.8) is 0 Å². The van der Waals surface area contributed by atoms with Crippen LogP contribution in [0.4, 0.5) is 4.39 Å². The molecule has 0 radical (unpaired) electrons. The maximum Gasteiger partial charge on any atom is 0.131 e. The van der Waals surface area contributed by atoms with Gasteiger partial charge in [-0.2, -0.15) is 0 Å². The van der Waals surface area contributed by atoms with Gasteiger partial charge in [-0.1, -0.05) is 6.42 Å². The molecule has 0 amide bonds. The predicted molar refractivity (Wildman–Crippen MR) is 46.7 cm³/mol. The van der Waals surface area contributed by atoms with Crippen LogP contribution < -0.4 is 5.73 Å². The third kappa shape index (κ3) is 1.36. The Balaban J connectivity index is 2.03. The van der Waals surface area contributed by atoms with Gasteiger partial charge in [-0.25, -0.2) is 4.39 Å². The van der Waals surface area contributed by atoms with E-state index in [1.807, 2.05) is 0 Å². The molecule has 2 heterocycles. The Hall–Kier alpha value is -0.150. The number of nitrogens with two attached hydrogens (primary N) is 1. The minimum absolute atomic E-state index is 0.141. The van der Waals surface area contributed by atoms with Crippen molar-refractivity contribution < 1.29 is 4.39 Å². The standard InChI is InChI=1S/C9H17FN2/c10-9-7(11)4-6-12-5-2-1-3-8(9)12/h7-9H,1-6,11H2. The fourth-order valence-corrected chi connectivity index (χ4v) is 2.41. The fourth-order valence-electron chi connectivity index (χ4n) is 2.41. The van der Waals surface area contributed by atoms with E-state index in [1.165, 1.54) is 12.8 Å². The van der Waals surface area contributed by atoms with E-state index in [4.69, 9.17) is 5.73 Å². The molecule has 2 fully saturated rings. The molecule has 2 aliphatic rings. The normalized spacial score (nSPS) is 44.0. The lowest BCUT2D eigenvalue weighted by Gasteiger charge is -2.43. The van der Waals surface area contributed by atoms with E-state index < -0.39 is 6.17 Å². The fraction of sp³-hybridized carbons (Fsp3) is 1.00. The van der Waals surface area contributed by atoms with Gasteiger partial charge in [0.05, 0.1) is 0 Å². The first-order chi connectivity index (χ1) is 5.79. The lowest BCUT2D eigenvalue weighted by atomic mass is 9.89. The molecule has 2 aliphatic heterocycles. The van der Waals surface area contributed by atoms with Gasteiger partial charge in [0.15, 0.2) is 0 Å². The number of halogens is 1. The molecule has 3 heteroatoms. The van der Waals surface area contributed by atoms with Crippen molar-refractivity contribution in [1.29, 1.82) is 0 Å². The van der Waals surface area contributed by atoms with Crippen molar-refractivity contribution in [1.82, 2.24) is 4.90 Å². The first-order valence-electron chi connectivity index (χ1n) is 4.93. The van der Waals surface area contributed by atoms with Crippen LogP contribution in [0.15, 0.2) is 0 Å². The largest absolute Gasteiger partial charge is 0.325 e. The molecule has 0 aromatic carbocycles. The second-order valence-corrected chi connectivity index (χ2v) is 4.00. The zero-order valence-corrected chi connectivity index (χ0v) is 7.38. The third-order valence-electron chi connectivity index (χ3n) is 3.19. The Bertz CT molecular complexity index is 161. The quantitative estimate of drug-likeness (QED) is 0.588. The lowest BCUT2D eigenvalue weighted by molar-refractivity contribution is 0.0257. The molecule has 2 nitrogen and oxygen atoms in total. The van der Waals surface area contributed by atoms with Crippen LogP contribution in [-0.4, -0.2) is 36.2 Å². The SMILES string of the molecule is NC1CCN2CCCCC2C1F. The summed E-state index contributed by atoms with van der Waals surface area (Å²) in [4.78, 5) is 2.28. The van der Waals surface area contributed by atoms with E-state index in [0.717, 1.165) is 25.9 Å². The third-order valence-corrected chi connectivity index (χ3v) is 3.19. The first kappa shape index (κ1) is 8.45. The van der Waals surface area contributed by atoms with Crippen molar-refractivity contribution in [2.45, 2.75) is 43.9 Å². The van der Waals surface area contributed by atoms with Gasteiger partial charge in [-0.05, 0) is 25.8 Å². The molecule has 70 valence electrons. The van der Waals surface area contributed by atoms with Gasteiger partial charge < -0.3 is 5.73 Å². The molecule has 0 aliphatic carbocycles. The highest BCUT2D eigenvalue weighted by molar-refractivity contribution is 4.93. The van der Waals surface area contributed by atoms with Gasteiger partial charge in [0.2, 0.25) is 0 Å². The summed E-state index contributed by atoms with van der Waals surface area (Å²) in [7, 11) is 0. The molecule has 0 bridgehead atoms. The molecular formula is C9H17FN2. The summed E-state index contributed by atoms with van der Waals surface area (Å²) in [6, 6.07) is -0.0631. The highest BCUT2D eigenvalue weighted by Gasteiger charge is 2.37. The average Bonchev–Trinajstić information content (AvgIpc) is 2.12. The Labute approximate surface area is 72.9 Å². The highest BCUT2D eigenvalue weighted by atomic mass is 19.1. The van der Waals surface area contributed by atoms with Gasteiger partial charge in [-0.15, -0.1) is 0 Å². The van der Waals surface area contributed by atoms with E-state index in [-0.39, 0.29) is 12.1 Å². The van der Waals surface area contributed by atoms with Gasteiger partial charge in [0.1, 0.15) is 6.17 Å². The van der Waals surface area contributed by atoms with Gasteiger partial charge in [0, 0.05) is 18.6 Å². The van der Waals surface area contributed by atoms with Crippen molar-refractivity contribution in [3.8, 4) is 0 Å². The molecule has 2 rings (SSSR count). The predicted octanol–water partition coefficient (Wildman–Crippen LogP) is 0.910. The maximum absolute atomic E-state index is 13.5. The van der Waals surface area contributed by atoms with E-state index in [0.29, 0.717) is 0 Å². The minimum atomic E-state index is -0.779. The van der Waals surface area contributed by atoms with Crippen LogP contribution in [0.1, 0.15) is 25.7 Å². The van der Waals surface area contributed by atoms with Crippen LogP contribution in [0.5, 0.6) is 0 Å². The van der Waals surface area contributed by atoms with Crippen LogP contribution >= 0.6 is 0 Å². The summed E-state index contributed by atoms with van der Waals surface area (Å²) in [6.07, 6.45) is 3.47. The lowest BCUT2D eigenvalue weighted by Crippen LogP contribution is -2.57. The zero-order valence-electron chi connectivity index (χ0n) is 7.38. The van der Waals surface area contributed by atoms with Gasteiger partial charge in [-0.3, -0.25) is 4.90 Å². The molecule has 2 saturated heterocycles. The van der Waals surface area contributed by atoms with Crippen LogP contribution in [0.2, 0.25) is 0 Å². The van der Waals surface area contributed by atoms with Crippen molar-refractivity contribution in [3.05, 3.63) is 0 Å². The second-order valence-electron chi connectivity index (χ2n) is 4.00. The van der Waals surface area contributed by atoms with Gasteiger partial charge in [0.25, 0.3) is 0 Å². The van der Waals surface area contributed by atoms with Crippen LogP contribution in [0.3, 0.4) is 0 Å². The maximum atomic E-state index is 13.5. The Morgan fingerprint density at radius 2 is 2.00 bits per heavy atom. The summed E-state index contributed by atoms with van der Waals surface area (Å²) >= 11 is 0. The molecular weight excluding hydrogens is 155 g/mol. The number of piperidine rings is 2. The van der Waals surface area contributed by atoms with Crippen LogP contribution in [0.25, 0.3) is 0 Å². The van der Waals surface area contributed by atoms with E-state index >= 15 is 0 Å². The van der Waals surface area contributed by atoms with Crippen LogP contribution in [-0.2, 0) is 0 Å². The smallest absolute Gasteiger partial charge is 0.131 e. The average molecular weight is 172 g/mol. The van der Waals surface area contributed by atoms with Crippen LogP contribution in [0, 0.1) is 0 Å². The van der Waals surface area contributed by atoms with Crippen molar-refractivity contribution >= 4 is 0 Å². The molecule has 0 aromatic heterocycles. The van der Waals surface area contributed by atoms with Gasteiger partial charge >= 0.3 is 0 Å². The van der Waals surface area contributed by atoms with Crippen molar-refractivity contribution in [2.24, 2.45) is 5.73 Å². The molecule has 0 saturated carbocycles. The second kappa shape index (κ2) is 3.30. The summed E-state index contributed by atoms with van der Waals surface area (Å²) in [5.74, 6) is 0. The summed E-state index contributed by atoms with van der Waals surface area (Å²) in [5.41, 5.74) is 5.68. The number of hydrogen-bond donors (Lipinski definition) is 1. The first-order valence-corrected chi connectivity index (χ1v) is 4.93. The molecule has 3 unspecified atom stereocenters. The number of alkyl halides is 1. The summed E-state index contributed by atoms with van der Waals surface area (Å²) in [6.45, 7) is 2.09. The number of nitrogens with zero attached hydrogens (tertiary/aromatic N) is 1. The molecule has 3 atom stereocenters. The van der Waals surface area contributed by atoms with E-state index in [1.54, 1.807) is 0 Å². The van der Waals surface area contributed by atoms with Crippen molar-refractivity contribution in [2.75, 3.05) is 13.1 Å². The highest BCUT2D eigenvalue weighted by Crippen LogP contribution is 2.27. The Morgan fingerprint density at radius 3 is 2.83 bits per heavy atom. The summed E-state index contributed by atoms with van der Waals surface area (Å²) < 4.78 is 13.5. The molecule has 2 N–H and O–H groups in total. The monoisotopic (exact) mass is 172 g/mol. The Kier molecular flexibility index (Phi) is 2.33. The number of hydrogen-bond acceptors (Lipinski definition) is 2. The topological polar surface area (TPSA) is 29.3 Å². The molecule has 12 heavy (non-hydrogen) atoms. The number of rotatable bonds is 0. The zero-order chi connectivity index (χ0) is 8.55. The van der Waals surface area contributed by atoms with E-state index in [2.05, 4.69) is 4.90 Å². The number of fused-ring (bicyclic) bond motifs is 1. The summed E-state index contributed by atoms with van der Waals surface area (Å²) in [5, 5.41) is 0.